The summed E-state index contributed by atoms with van der Waals surface area (Å²) in [5.74, 6) is -0.744. The number of anilines is 1. The van der Waals surface area contributed by atoms with Crippen LogP contribution in [0.15, 0.2) is 42.5 Å². The molecule has 0 aliphatic rings. The van der Waals surface area contributed by atoms with Gasteiger partial charge in [-0.2, -0.15) is 0 Å². The third-order valence-electron chi connectivity index (χ3n) is 3.33. The topological polar surface area (TPSA) is 38.3 Å². The van der Waals surface area contributed by atoms with Gasteiger partial charge >= 0.3 is 6.36 Å². The Labute approximate surface area is 132 Å². The number of amides is 1. The van der Waals surface area contributed by atoms with Crippen LogP contribution in [0, 0.1) is 6.92 Å². The minimum absolute atomic E-state index is 0.254. The van der Waals surface area contributed by atoms with Crippen molar-refractivity contribution in [1.82, 2.24) is 0 Å². The number of ether oxygens (including phenoxy) is 1. The van der Waals surface area contributed by atoms with Crippen molar-refractivity contribution in [2.75, 3.05) is 5.32 Å². The predicted molar refractivity (Wildman–Crippen MR) is 81.6 cm³/mol. The zero-order valence-corrected chi connectivity index (χ0v) is 12.7. The molecule has 0 unspecified atom stereocenters. The van der Waals surface area contributed by atoms with E-state index in [9.17, 15) is 18.0 Å². The second-order valence-electron chi connectivity index (χ2n) is 4.99. The first-order chi connectivity index (χ1) is 10.8. The van der Waals surface area contributed by atoms with E-state index in [1.807, 2.05) is 32.0 Å². The maximum atomic E-state index is 12.3. The zero-order valence-electron chi connectivity index (χ0n) is 12.7. The molecule has 2 aromatic rings. The zero-order chi connectivity index (χ0) is 17.0. The molecule has 23 heavy (non-hydrogen) atoms. The molecule has 0 heterocycles. The van der Waals surface area contributed by atoms with Gasteiger partial charge in [-0.3, -0.25) is 4.79 Å². The van der Waals surface area contributed by atoms with Gasteiger partial charge in [0.1, 0.15) is 5.75 Å². The van der Waals surface area contributed by atoms with Gasteiger partial charge in [0.15, 0.2) is 0 Å². The van der Waals surface area contributed by atoms with Gasteiger partial charge < -0.3 is 10.1 Å². The molecule has 1 amide bonds. The first-order valence-electron chi connectivity index (χ1n) is 7.06. The first kappa shape index (κ1) is 16.9. The van der Waals surface area contributed by atoms with Gasteiger partial charge in [0, 0.05) is 11.3 Å². The average Bonchev–Trinajstić information content (AvgIpc) is 2.48. The summed E-state index contributed by atoms with van der Waals surface area (Å²) in [7, 11) is 0. The van der Waals surface area contributed by atoms with Crippen LogP contribution in [0.25, 0.3) is 0 Å². The molecule has 2 aromatic carbocycles. The number of aryl methyl sites for hydroxylation is 2. The molecule has 1 N–H and O–H groups in total. The molecule has 0 atom stereocenters. The highest BCUT2D eigenvalue weighted by Crippen LogP contribution is 2.24. The fourth-order valence-electron chi connectivity index (χ4n) is 2.20. The lowest BCUT2D eigenvalue weighted by Crippen LogP contribution is -2.17. The number of halogens is 3. The van der Waals surface area contributed by atoms with Crippen molar-refractivity contribution in [2.45, 2.75) is 26.6 Å². The van der Waals surface area contributed by atoms with Crippen LogP contribution in [0.3, 0.4) is 0 Å². The average molecular weight is 323 g/mol. The van der Waals surface area contributed by atoms with Crippen molar-refractivity contribution in [3.63, 3.8) is 0 Å². The summed E-state index contributed by atoms with van der Waals surface area (Å²) in [5.41, 5.74) is 2.91. The quantitative estimate of drug-likeness (QED) is 0.885. The van der Waals surface area contributed by atoms with Gasteiger partial charge in [-0.1, -0.05) is 25.1 Å². The van der Waals surface area contributed by atoms with Crippen molar-refractivity contribution < 1.29 is 22.7 Å². The maximum absolute atomic E-state index is 12.3. The Balaban J connectivity index is 2.16. The predicted octanol–water partition coefficient (Wildman–Crippen LogP) is 4.71. The largest absolute Gasteiger partial charge is 0.573 e. The van der Waals surface area contributed by atoms with Crippen LogP contribution >= 0.6 is 0 Å². The number of carbonyl (C=O) groups excluding carboxylic acids is 1. The van der Waals surface area contributed by atoms with E-state index in [-0.39, 0.29) is 17.2 Å². The van der Waals surface area contributed by atoms with Crippen LogP contribution < -0.4 is 10.1 Å². The van der Waals surface area contributed by atoms with Gasteiger partial charge in [-0.05, 0) is 48.7 Å². The van der Waals surface area contributed by atoms with Gasteiger partial charge in [0.25, 0.3) is 5.91 Å². The molecule has 0 aliphatic carbocycles. The Morgan fingerprint density at radius 1 is 1.13 bits per heavy atom. The van der Waals surface area contributed by atoms with Crippen LogP contribution in [-0.4, -0.2) is 12.3 Å². The van der Waals surface area contributed by atoms with E-state index in [0.717, 1.165) is 35.4 Å². The lowest BCUT2D eigenvalue weighted by Gasteiger charge is -2.13. The third-order valence-corrected chi connectivity index (χ3v) is 3.33. The monoisotopic (exact) mass is 323 g/mol. The Morgan fingerprint density at radius 2 is 1.78 bits per heavy atom. The molecular formula is C17H16F3NO2. The van der Waals surface area contributed by atoms with Crippen LogP contribution in [0.1, 0.15) is 28.4 Å². The van der Waals surface area contributed by atoms with Crippen molar-refractivity contribution >= 4 is 11.6 Å². The van der Waals surface area contributed by atoms with Gasteiger partial charge in [0.2, 0.25) is 0 Å². The molecule has 0 bridgehead atoms. The molecule has 0 spiro atoms. The fraction of sp³-hybridized carbons (Fsp3) is 0.235. The summed E-state index contributed by atoms with van der Waals surface area (Å²) in [6.45, 7) is 3.86. The minimum atomic E-state index is -4.75. The number of alkyl halides is 3. The number of benzene rings is 2. The summed E-state index contributed by atoms with van der Waals surface area (Å²) in [6, 6.07) is 10.5. The summed E-state index contributed by atoms with van der Waals surface area (Å²) in [5, 5.41) is 2.81. The van der Waals surface area contributed by atoms with Gasteiger partial charge in [-0.15, -0.1) is 13.2 Å². The SMILES string of the molecule is CCc1cccc(C)c1NC(=O)c1ccc(OC(F)(F)F)cc1. The standard InChI is InChI=1S/C17H16F3NO2/c1-3-12-6-4-5-11(2)15(12)21-16(22)13-7-9-14(10-8-13)23-17(18,19)20/h4-10H,3H2,1-2H3,(H,21,22). The maximum Gasteiger partial charge on any atom is 0.573 e. The molecule has 0 saturated carbocycles. The number of rotatable bonds is 4. The van der Waals surface area contributed by atoms with Gasteiger partial charge in [0.05, 0.1) is 0 Å². The highest BCUT2D eigenvalue weighted by atomic mass is 19.4. The van der Waals surface area contributed by atoms with E-state index in [1.54, 1.807) is 0 Å². The van der Waals surface area contributed by atoms with Crippen molar-refractivity contribution in [3.8, 4) is 5.75 Å². The van der Waals surface area contributed by atoms with Crippen molar-refractivity contribution in [1.29, 1.82) is 0 Å². The smallest absolute Gasteiger partial charge is 0.406 e. The van der Waals surface area contributed by atoms with Crippen LogP contribution in [0.5, 0.6) is 5.75 Å². The molecule has 0 fully saturated rings. The lowest BCUT2D eigenvalue weighted by molar-refractivity contribution is -0.274. The summed E-state index contributed by atoms with van der Waals surface area (Å²) in [6.07, 6.45) is -3.99. The van der Waals surface area contributed by atoms with Crippen LogP contribution in [0.2, 0.25) is 0 Å². The molecule has 122 valence electrons. The first-order valence-corrected chi connectivity index (χ1v) is 7.06. The second-order valence-corrected chi connectivity index (χ2v) is 4.99. The van der Waals surface area contributed by atoms with Gasteiger partial charge in [-0.25, -0.2) is 0 Å². The number of nitrogens with one attached hydrogen (secondary N) is 1. The molecule has 3 nitrogen and oxygen atoms in total. The second kappa shape index (κ2) is 6.73. The number of hydrogen-bond donors (Lipinski definition) is 1. The minimum Gasteiger partial charge on any atom is -0.406 e. The number of hydrogen-bond acceptors (Lipinski definition) is 2. The number of carbonyl (C=O) groups is 1. The van der Waals surface area contributed by atoms with Crippen molar-refractivity contribution in [2.24, 2.45) is 0 Å². The summed E-state index contributed by atoms with van der Waals surface area (Å²) >= 11 is 0. The molecular weight excluding hydrogens is 307 g/mol. The van der Waals surface area contributed by atoms with Crippen LogP contribution in [0.4, 0.5) is 18.9 Å². The molecule has 0 radical (unpaired) electrons. The fourth-order valence-corrected chi connectivity index (χ4v) is 2.20. The third kappa shape index (κ3) is 4.48. The Morgan fingerprint density at radius 3 is 2.35 bits per heavy atom. The molecule has 0 aromatic heterocycles. The highest BCUT2D eigenvalue weighted by molar-refractivity contribution is 6.05. The van der Waals surface area contributed by atoms with E-state index in [1.165, 1.54) is 12.1 Å². The summed E-state index contributed by atoms with van der Waals surface area (Å²) < 4.78 is 40.1. The van der Waals surface area contributed by atoms with E-state index < -0.39 is 6.36 Å². The highest BCUT2D eigenvalue weighted by Gasteiger charge is 2.31. The normalized spacial score (nSPS) is 11.2. The number of para-hydroxylation sites is 1. The van der Waals surface area contributed by atoms with E-state index in [0.29, 0.717) is 0 Å². The van der Waals surface area contributed by atoms with E-state index in [2.05, 4.69) is 10.1 Å². The lowest BCUT2D eigenvalue weighted by atomic mass is 10.1. The van der Waals surface area contributed by atoms with E-state index in [4.69, 9.17) is 0 Å². The molecule has 6 heteroatoms. The van der Waals surface area contributed by atoms with Crippen LogP contribution in [-0.2, 0) is 6.42 Å². The summed E-state index contributed by atoms with van der Waals surface area (Å²) in [4.78, 5) is 12.3. The van der Waals surface area contributed by atoms with E-state index >= 15 is 0 Å². The van der Waals surface area contributed by atoms with Crippen molar-refractivity contribution in [3.05, 3.63) is 59.2 Å². The molecule has 0 saturated heterocycles. The molecule has 2 rings (SSSR count). The molecule has 0 aliphatic heterocycles. The Bertz CT molecular complexity index is 694. The Hall–Kier alpha value is -2.50. The Kier molecular flexibility index (Phi) is 4.93.